The van der Waals surface area contributed by atoms with Gasteiger partial charge >= 0.3 is 0 Å². The normalized spacial score (nSPS) is 9.00. The quantitative estimate of drug-likeness (QED) is 0.525. The third-order valence-corrected chi connectivity index (χ3v) is 1.29. The minimum atomic E-state index is 0.347. The highest BCUT2D eigenvalue weighted by Crippen LogP contribution is 2.07. The summed E-state index contributed by atoms with van der Waals surface area (Å²) in [6, 6.07) is 0. The Kier molecular flexibility index (Phi) is 3.36. The van der Waals surface area contributed by atoms with E-state index in [1.807, 2.05) is 0 Å². The molecule has 1 aromatic heterocycles. The average Bonchev–Trinajstić information content (AvgIpc) is 2.09. The van der Waals surface area contributed by atoms with Gasteiger partial charge < -0.3 is 4.74 Å². The Bertz CT molecular complexity index is 278. The van der Waals surface area contributed by atoms with Crippen molar-refractivity contribution in [1.82, 2.24) is 9.97 Å². The first kappa shape index (κ1) is 8.82. The Hall–Kier alpha value is -1.27. The molecule has 0 saturated heterocycles. The second-order valence-corrected chi connectivity index (χ2v) is 2.37. The van der Waals surface area contributed by atoms with Gasteiger partial charge in [0.1, 0.15) is 11.8 Å². The van der Waals surface area contributed by atoms with Crippen molar-refractivity contribution in [3.63, 3.8) is 0 Å². The Morgan fingerprint density at radius 3 is 2.92 bits per heavy atom. The van der Waals surface area contributed by atoms with Gasteiger partial charge in [0.15, 0.2) is 0 Å². The molecule has 0 aliphatic heterocycles. The summed E-state index contributed by atoms with van der Waals surface area (Å²) in [5.41, 5.74) is 0. The molecule has 3 nitrogen and oxygen atoms in total. The predicted molar refractivity (Wildman–Crippen MR) is 46.0 cm³/mol. The Balaban J connectivity index is 2.43. The van der Waals surface area contributed by atoms with E-state index < -0.39 is 0 Å². The van der Waals surface area contributed by atoms with Gasteiger partial charge in [-0.25, -0.2) is 9.97 Å². The molecule has 12 heavy (non-hydrogen) atoms. The fourth-order valence-electron chi connectivity index (χ4n) is 0.589. The first-order chi connectivity index (χ1) is 5.83. The van der Waals surface area contributed by atoms with Crippen LogP contribution in [-0.2, 0) is 0 Å². The van der Waals surface area contributed by atoms with Crippen LogP contribution in [0.3, 0.4) is 0 Å². The van der Waals surface area contributed by atoms with Crippen molar-refractivity contribution in [2.24, 2.45) is 0 Å². The molecule has 0 aliphatic carbocycles. The standard InChI is InChI=1S/C8H7ClN2O/c1-2-3-4-12-8-6-10-7(9)5-11-8/h1,5-6H,3-4H2. The van der Waals surface area contributed by atoms with Crippen molar-refractivity contribution >= 4 is 11.6 Å². The SMILES string of the molecule is C#CCCOc1cnc(Cl)cn1. The molecule has 1 rings (SSSR count). The average molecular weight is 183 g/mol. The van der Waals surface area contributed by atoms with Gasteiger partial charge in [0.2, 0.25) is 5.88 Å². The van der Waals surface area contributed by atoms with Crippen LogP contribution in [0.2, 0.25) is 5.15 Å². The maximum atomic E-state index is 5.51. The van der Waals surface area contributed by atoms with Crippen LogP contribution in [-0.4, -0.2) is 16.6 Å². The van der Waals surface area contributed by atoms with Crippen molar-refractivity contribution in [2.75, 3.05) is 6.61 Å². The molecule has 0 fully saturated rings. The number of hydrogen-bond acceptors (Lipinski definition) is 3. The number of halogens is 1. The summed E-state index contributed by atoms with van der Waals surface area (Å²) in [6.07, 6.45) is 8.47. The van der Waals surface area contributed by atoms with E-state index in [0.717, 1.165) is 0 Å². The van der Waals surface area contributed by atoms with Crippen LogP contribution in [0.15, 0.2) is 12.4 Å². The molecular weight excluding hydrogens is 176 g/mol. The van der Waals surface area contributed by atoms with E-state index in [-0.39, 0.29) is 0 Å². The lowest BCUT2D eigenvalue weighted by atomic mass is 10.5. The van der Waals surface area contributed by atoms with E-state index in [9.17, 15) is 0 Å². The molecule has 0 aliphatic rings. The van der Waals surface area contributed by atoms with Crippen molar-refractivity contribution in [1.29, 1.82) is 0 Å². The molecule has 0 N–H and O–H groups in total. The third kappa shape index (κ3) is 2.77. The zero-order valence-electron chi connectivity index (χ0n) is 6.33. The van der Waals surface area contributed by atoms with Crippen LogP contribution in [0.4, 0.5) is 0 Å². The molecule has 0 radical (unpaired) electrons. The Morgan fingerprint density at radius 2 is 2.33 bits per heavy atom. The van der Waals surface area contributed by atoms with Crippen molar-refractivity contribution < 1.29 is 4.74 Å². The first-order valence-corrected chi connectivity index (χ1v) is 3.74. The minimum absolute atomic E-state index is 0.347. The Morgan fingerprint density at radius 1 is 1.50 bits per heavy atom. The monoisotopic (exact) mass is 182 g/mol. The largest absolute Gasteiger partial charge is 0.476 e. The summed E-state index contributed by atoms with van der Waals surface area (Å²) in [5, 5.41) is 0.347. The molecule has 0 spiro atoms. The van der Waals surface area contributed by atoms with Crippen LogP contribution < -0.4 is 4.74 Å². The van der Waals surface area contributed by atoms with Gasteiger partial charge in [0, 0.05) is 6.42 Å². The highest BCUT2D eigenvalue weighted by Gasteiger charge is 1.94. The molecule has 0 bridgehead atoms. The molecular formula is C8H7ClN2O. The van der Waals surface area contributed by atoms with Gasteiger partial charge in [-0.2, -0.15) is 0 Å². The van der Waals surface area contributed by atoms with Gasteiger partial charge in [-0.1, -0.05) is 11.6 Å². The highest BCUT2D eigenvalue weighted by molar-refractivity contribution is 6.29. The zero-order chi connectivity index (χ0) is 8.81. The number of terminal acetylenes is 1. The van der Waals surface area contributed by atoms with Crippen molar-refractivity contribution in [3.8, 4) is 18.2 Å². The van der Waals surface area contributed by atoms with Crippen LogP contribution in [0, 0.1) is 12.3 Å². The lowest BCUT2D eigenvalue weighted by molar-refractivity contribution is 0.313. The van der Waals surface area contributed by atoms with Crippen molar-refractivity contribution in [3.05, 3.63) is 17.5 Å². The van der Waals surface area contributed by atoms with Crippen LogP contribution in [0.25, 0.3) is 0 Å². The predicted octanol–water partition coefficient (Wildman–Crippen LogP) is 1.53. The molecule has 4 heteroatoms. The molecule has 1 aromatic rings. The summed E-state index contributed by atoms with van der Waals surface area (Å²) in [5.74, 6) is 2.89. The second-order valence-electron chi connectivity index (χ2n) is 1.98. The van der Waals surface area contributed by atoms with E-state index in [4.69, 9.17) is 22.8 Å². The molecule has 0 saturated carbocycles. The molecule has 0 amide bonds. The summed E-state index contributed by atoms with van der Waals surface area (Å²) >= 11 is 5.51. The molecule has 0 unspecified atom stereocenters. The Labute approximate surface area is 75.7 Å². The summed E-state index contributed by atoms with van der Waals surface area (Å²) in [7, 11) is 0. The number of nitrogens with zero attached hydrogens (tertiary/aromatic N) is 2. The molecule has 0 aromatic carbocycles. The topological polar surface area (TPSA) is 35.0 Å². The van der Waals surface area contributed by atoms with Crippen molar-refractivity contribution in [2.45, 2.75) is 6.42 Å². The first-order valence-electron chi connectivity index (χ1n) is 3.36. The van der Waals surface area contributed by atoms with Crippen LogP contribution in [0.5, 0.6) is 5.88 Å². The number of hydrogen-bond donors (Lipinski definition) is 0. The van der Waals surface area contributed by atoms with Gasteiger partial charge in [0.25, 0.3) is 0 Å². The lowest BCUT2D eigenvalue weighted by Crippen LogP contribution is -1.97. The smallest absolute Gasteiger partial charge is 0.232 e. The van der Waals surface area contributed by atoms with Gasteiger partial charge in [-0.05, 0) is 0 Å². The van der Waals surface area contributed by atoms with Crippen LogP contribution in [0.1, 0.15) is 6.42 Å². The molecule has 1 heterocycles. The third-order valence-electron chi connectivity index (χ3n) is 1.09. The molecule has 0 atom stereocenters. The fourth-order valence-corrected chi connectivity index (χ4v) is 0.687. The number of rotatable bonds is 3. The second kappa shape index (κ2) is 4.58. The minimum Gasteiger partial charge on any atom is -0.476 e. The van der Waals surface area contributed by atoms with Gasteiger partial charge in [-0.3, -0.25) is 0 Å². The van der Waals surface area contributed by atoms with Gasteiger partial charge in [-0.15, -0.1) is 12.3 Å². The summed E-state index contributed by atoms with van der Waals surface area (Å²) in [4.78, 5) is 7.65. The maximum Gasteiger partial charge on any atom is 0.232 e. The van der Waals surface area contributed by atoms with E-state index in [1.54, 1.807) is 0 Å². The number of aromatic nitrogens is 2. The highest BCUT2D eigenvalue weighted by atomic mass is 35.5. The molecule has 62 valence electrons. The summed E-state index contributed by atoms with van der Waals surface area (Å²) in [6.45, 7) is 0.451. The summed E-state index contributed by atoms with van der Waals surface area (Å²) < 4.78 is 5.13. The van der Waals surface area contributed by atoms with Crippen LogP contribution >= 0.6 is 11.6 Å². The van der Waals surface area contributed by atoms with Gasteiger partial charge in [0.05, 0.1) is 12.4 Å². The fraction of sp³-hybridized carbons (Fsp3) is 0.250. The van der Waals surface area contributed by atoms with E-state index in [1.165, 1.54) is 12.4 Å². The van der Waals surface area contributed by atoms with E-state index in [2.05, 4.69) is 15.9 Å². The van der Waals surface area contributed by atoms with E-state index >= 15 is 0 Å². The lowest BCUT2D eigenvalue weighted by Gasteiger charge is -2.00. The maximum absolute atomic E-state index is 5.51. The number of ether oxygens (including phenoxy) is 1. The van der Waals surface area contributed by atoms with E-state index in [0.29, 0.717) is 24.1 Å². The zero-order valence-corrected chi connectivity index (χ0v) is 7.08.